The molecule has 184 valence electrons. The van der Waals surface area contributed by atoms with E-state index in [1.54, 1.807) is 7.11 Å². The van der Waals surface area contributed by atoms with Crippen LogP contribution in [0.25, 0.3) is 0 Å². The molecule has 0 fully saturated rings. The summed E-state index contributed by atoms with van der Waals surface area (Å²) in [7, 11) is 1.67. The molecule has 0 spiro atoms. The molecule has 2 aliphatic rings. The fourth-order valence-electron chi connectivity index (χ4n) is 4.68. The van der Waals surface area contributed by atoms with Gasteiger partial charge in [0.25, 0.3) is 0 Å². The number of fused-ring (bicyclic) bond motifs is 3. The Kier molecular flexibility index (Phi) is 7.04. The maximum absolute atomic E-state index is 6.51. The summed E-state index contributed by atoms with van der Waals surface area (Å²) < 4.78 is 25.1. The van der Waals surface area contributed by atoms with Crippen LogP contribution in [0.2, 0.25) is 0 Å². The summed E-state index contributed by atoms with van der Waals surface area (Å²) in [5.74, 6) is 3.99. The molecule has 2 aromatic carbocycles. The SMILES string of the molecule is CCCCCCOc1ccc(C2Oc3ccc(Br)cc3C3CC(c4ccc(C)o4)=NN32)cc1OC. The zero-order valence-electron chi connectivity index (χ0n) is 20.4. The largest absolute Gasteiger partial charge is 0.493 e. The van der Waals surface area contributed by atoms with Gasteiger partial charge in [-0.15, -0.1) is 0 Å². The molecule has 6 nitrogen and oxygen atoms in total. The molecular formula is C28H31BrN2O4. The lowest BCUT2D eigenvalue weighted by Crippen LogP contribution is -2.33. The third-order valence-electron chi connectivity index (χ3n) is 6.50. The lowest BCUT2D eigenvalue weighted by Gasteiger charge is -2.38. The van der Waals surface area contributed by atoms with Crippen LogP contribution in [-0.4, -0.2) is 24.4 Å². The van der Waals surface area contributed by atoms with Crippen LogP contribution in [0, 0.1) is 6.92 Å². The van der Waals surface area contributed by atoms with Gasteiger partial charge in [0.1, 0.15) is 23.0 Å². The number of rotatable bonds is 9. The molecule has 0 N–H and O–H groups in total. The molecule has 35 heavy (non-hydrogen) atoms. The Balaban J connectivity index is 1.45. The minimum atomic E-state index is -0.394. The normalized spacial score (nSPS) is 18.5. The lowest BCUT2D eigenvalue weighted by atomic mass is 9.97. The molecule has 2 atom stereocenters. The number of unbranched alkanes of at least 4 members (excludes halogenated alkanes) is 3. The summed E-state index contributed by atoms with van der Waals surface area (Å²) in [5, 5.41) is 7.02. The second-order valence-corrected chi connectivity index (χ2v) is 9.94. The van der Waals surface area contributed by atoms with Crippen LogP contribution in [0.15, 0.2) is 62.5 Å². The van der Waals surface area contributed by atoms with Gasteiger partial charge in [-0.2, -0.15) is 5.10 Å². The Morgan fingerprint density at radius 3 is 2.71 bits per heavy atom. The molecule has 2 aliphatic heterocycles. The second kappa shape index (κ2) is 10.4. The number of furan rings is 1. The number of ether oxygens (including phenoxy) is 3. The molecule has 0 amide bonds. The Hall–Kier alpha value is -2.93. The van der Waals surface area contributed by atoms with E-state index in [4.69, 9.17) is 23.7 Å². The predicted octanol–water partition coefficient (Wildman–Crippen LogP) is 7.56. The van der Waals surface area contributed by atoms with E-state index in [1.807, 2.05) is 54.4 Å². The Labute approximate surface area is 215 Å². The Bertz CT molecular complexity index is 1220. The standard InChI is InChI=1S/C28H31BrN2O4/c1-4-5-6-7-14-33-26-12-9-19(15-27(26)32-3)28-31-23(21-16-20(29)10-13-24(21)35-28)17-22(30-31)25-11-8-18(2)34-25/h8-13,15-16,23,28H,4-7,14,17H2,1-3H3. The first-order chi connectivity index (χ1) is 17.1. The molecule has 1 aromatic heterocycles. The van der Waals surface area contributed by atoms with E-state index in [1.165, 1.54) is 19.3 Å². The minimum Gasteiger partial charge on any atom is -0.493 e. The molecule has 0 saturated heterocycles. The predicted molar refractivity (Wildman–Crippen MR) is 139 cm³/mol. The number of methoxy groups -OCH3 is 1. The zero-order chi connectivity index (χ0) is 24.4. The van der Waals surface area contributed by atoms with E-state index in [9.17, 15) is 0 Å². The molecule has 3 aromatic rings. The average molecular weight is 539 g/mol. The van der Waals surface area contributed by atoms with Gasteiger partial charge in [-0.05, 0) is 61.9 Å². The van der Waals surface area contributed by atoms with Crippen LogP contribution >= 0.6 is 15.9 Å². The number of benzene rings is 2. The van der Waals surface area contributed by atoms with Gasteiger partial charge in [0.2, 0.25) is 6.23 Å². The molecule has 3 heterocycles. The van der Waals surface area contributed by atoms with Gasteiger partial charge in [0, 0.05) is 22.0 Å². The zero-order valence-corrected chi connectivity index (χ0v) is 22.0. The second-order valence-electron chi connectivity index (χ2n) is 9.03. The Morgan fingerprint density at radius 1 is 1.06 bits per heavy atom. The molecule has 2 unspecified atom stereocenters. The molecule has 0 aliphatic carbocycles. The smallest absolute Gasteiger partial charge is 0.214 e. The van der Waals surface area contributed by atoms with Gasteiger partial charge in [0.05, 0.1) is 19.8 Å². The monoisotopic (exact) mass is 538 g/mol. The highest BCUT2D eigenvalue weighted by Crippen LogP contribution is 2.49. The van der Waals surface area contributed by atoms with Crippen molar-refractivity contribution in [2.75, 3.05) is 13.7 Å². The molecule has 5 rings (SSSR count). The molecule has 7 heteroatoms. The fourth-order valence-corrected chi connectivity index (χ4v) is 5.06. The molecule has 0 bridgehead atoms. The maximum Gasteiger partial charge on any atom is 0.214 e. The van der Waals surface area contributed by atoms with E-state index in [0.717, 1.165) is 57.2 Å². The first-order valence-corrected chi connectivity index (χ1v) is 13.1. The third kappa shape index (κ3) is 4.92. The molecular weight excluding hydrogens is 508 g/mol. The highest BCUT2D eigenvalue weighted by Gasteiger charge is 2.42. The van der Waals surface area contributed by atoms with Crippen LogP contribution in [0.4, 0.5) is 0 Å². The van der Waals surface area contributed by atoms with Crippen molar-refractivity contribution in [2.24, 2.45) is 5.10 Å². The Morgan fingerprint density at radius 2 is 1.94 bits per heavy atom. The van der Waals surface area contributed by atoms with Crippen molar-refractivity contribution in [3.05, 3.63) is 75.7 Å². The van der Waals surface area contributed by atoms with Gasteiger partial charge in [0.15, 0.2) is 11.5 Å². The van der Waals surface area contributed by atoms with Gasteiger partial charge >= 0.3 is 0 Å². The number of hydrazone groups is 1. The lowest BCUT2D eigenvalue weighted by molar-refractivity contribution is -0.0192. The quantitative estimate of drug-likeness (QED) is 0.263. The summed E-state index contributed by atoms with van der Waals surface area (Å²) in [6.45, 7) is 4.84. The summed E-state index contributed by atoms with van der Waals surface area (Å²) >= 11 is 3.61. The van der Waals surface area contributed by atoms with Gasteiger partial charge in [-0.3, -0.25) is 0 Å². The van der Waals surface area contributed by atoms with E-state index in [2.05, 4.69) is 28.9 Å². The number of hydrogen-bond acceptors (Lipinski definition) is 6. The van der Waals surface area contributed by atoms with Crippen molar-refractivity contribution >= 4 is 21.6 Å². The van der Waals surface area contributed by atoms with Crippen LogP contribution < -0.4 is 14.2 Å². The van der Waals surface area contributed by atoms with Crippen LogP contribution in [0.3, 0.4) is 0 Å². The summed E-state index contributed by atoms with van der Waals surface area (Å²) in [6.07, 6.45) is 5.00. The first-order valence-electron chi connectivity index (χ1n) is 12.3. The fraction of sp³-hybridized carbons (Fsp3) is 0.393. The molecule has 0 saturated carbocycles. The average Bonchev–Trinajstić information content (AvgIpc) is 3.50. The minimum absolute atomic E-state index is 0.0437. The number of aryl methyl sites for hydroxylation is 1. The summed E-state index contributed by atoms with van der Waals surface area (Å²) in [6, 6.07) is 16.2. The van der Waals surface area contributed by atoms with Gasteiger partial charge in [-0.25, -0.2) is 5.01 Å². The maximum atomic E-state index is 6.51. The van der Waals surface area contributed by atoms with Crippen molar-refractivity contribution < 1.29 is 18.6 Å². The van der Waals surface area contributed by atoms with E-state index >= 15 is 0 Å². The van der Waals surface area contributed by atoms with E-state index in [-0.39, 0.29) is 6.04 Å². The summed E-state index contributed by atoms with van der Waals surface area (Å²) in [4.78, 5) is 0. The number of nitrogens with zero attached hydrogens (tertiary/aromatic N) is 2. The van der Waals surface area contributed by atoms with Gasteiger partial charge < -0.3 is 18.6 Å². The molecule has 0 radical (unpaired) electrons. The van der Waals surface area contributed by atoms with Crippen LogP contribution in [0.1, 0.15) is 73.9 Å². The van der Waals surface area contributed by atoms with Crippen molar-refractivity contribution in [3.8, 4) is 17.2 Å². The van der Waals surface area contributed by atoms with Gasteiger partial charge in [-0.1, -0.05) is 42.1 Å². The van der Waals surface area contributed by atoms with Crippen molar-refractivity contribution in [2.45, 2.75) is 58.2 Å². The third-order valence-corrected chi connectivity index (χ3v) is 7.00. The number of hydrogen-bond donors (Lipinski definition) is 0. The summed E-state index contributed by atoms with van der Waals surface area (Å²) in [5.41, 5.74) is 2.99. The van der Waals surface area contributed by atoms with Crippen molar-refractivity contribution in [1.82, 2.24) is 5.01 Å². The van der Waals surface area contributed by atoms with Crippen LogP contribution in [0.5, 0.6) is 17.2 Å². The highest BCUT2D eigenvalue weighted by atomic mass is 79.9. The van der Waals surface area contributed by atoms with E-state index < -0.39 is 6.23 Å². The van der Waals surface area contributed by atoms with Crippen molar-refractivity contribution in [3.63, 3.8) is 0 Å². The number of halogens is 1. The van der Waals surface area contributed by atoms with Crippen LogP contribution in [-0.2, 0) is 0 Å². The van der Waals surface area contributed by atoms with Crippen molar-refractivity contribution in [1.29, 1.82) is 0 Å². The first kappa shape index (κ1) is 23.8. The topological polar surface area (TPSA) is 56.4 Å². The highest BCUT2D eigenvalue weighted by molar-refractivity contribution is 9.10. The van der Waals surface area contributed by atoms with E-state index in [0.29, 0.717) is 12.4 Å².